The number of ketones is 2. The number of rotatable bonds is 3. The van der Waals surface area contributed by atoms with Gasteiger partial charge in [-0.25, -0.2) is 0 Å². The van der Waals surface area contributed by atoms with Crippen molar-refractivity contribution >= 4 is 11.6 Å². The van der Waals surface area contributed by atoms with Crippen LogP contribution in [0.15, 0.2) is 12.1 Å². The van der Waals surface area contributed by atoms with Crippen LogP contribution in [0.4, 0.5) is 0 Å². The van der Waals surface area contributed by atoms with E-state index in [1.165, 1.54) is 6.92 Å². The Morgan fingerprint density at radius 3 is 2.40 bits per heavy atom. The van der Waals surface area contributed by atoms with Gasteiger partial charge in [-0.1, -0.05) is 6.07 Å². The second-order valence-electron chi connectivity index (χ2n) is 3.78. The summed E-state index contributed by atoms with van der Waals surface area (Å²) < 4.78 is 0. The molecule has 0 aliphatic heterocycles. The molecule has 0 aliphatic rings. The third kappa shape index (κ3) is 2.65. The molecular formula is C12H14O3. The Morgan fingerprint density at radius 2 is 1.87 bits per heavy atom. The first kappa shape index (κ1) is 11.4. The summed E-state index contributed by atoms with van der Waals surface area (Å²) >= 11 is 0. The van der Waals surface area contributed by atoms with E-state index < -0.39 is 0 Å². The summed E-state index contributed by atoms with van der Waals surface area (Å²) in [6.45, 7) is 4.93. The van der Waals surface area contributed by atoms with Crippen LogP contribution in [-0.4, -0.2) is 16.7 Å². The summed E-state index contributed by atoms with van der Waals surface area (Å²) in [5.41, 5.74) is 1.79. The molecule has 1 N–H and O–H groups in total. The number of phenolic OH excluding ortho intramolecular Hbond substituents is 1. The van der Waals surface area contributed by atoms with E-state index >= 15 is 0 Å². The molecule has 0 radical (unpaired) electrons. The Labute approximate surface area is 88.7 Å². The van der Waals surface area contributed by atoms with Crippen molar-refractivity contribution in [3.05, 3.63) is 28.8 Å². The number of hydrogen-bond acceptors (Lipinski definition) is 3. The molecular weight excluding hydrogens is 192 g/mol. The van der Waals surface area contributed by atoms with E-state index in [0.29, 0.717) is 5.56 Å². The van der Waals surface area contributed by atoms with E-state index in [0.717, 1.165) is 5.56 Å². The lowest BCUT2D eigenvalue weighted by atomic mass is 10.00. The number of phenols is 1. The molecule has 1 aromatic rings. The molecule has 0 unspecified atom stereocenters. The molecule has 15 heavy (non-hydrogen) atoms. The first-order chi connectivity index (χ1) is 6.91. The first-order valence-electron chi connectivity index (χ1n) is 4.74. The quantitative estimate of drug-likeness (QED) is 0.609. The molecule has 0 fully saturated rings. The number of aromatic hydroxyl groups is 1. The van der Waals surface area contributed by atoms with Crippen molar-refractivity contribution in [2.45, 2.75) is 27.2 Å². The van der Waals surface area contributed by atoms with Gasteiger partial charge in [0.05, 0.1) is 12.0 Å². The highest BCUT2D eigenvalue weighted by molar-refractivity contribution is 6.09. The predicted molar refractivity (Wildman–Crippen MR) is 57.2 cm³/mol. The minimum Gasteiger partial charge on any atom is -0.507 e. The van der Waals surface area contributed by atoms with Crippen molar-refractivity contribution in [1.82, 2.24) is 0 Å². The highest BCUT2D eigenvalue weighted by atomic mass is 16.3. The van der Waals surface area contributed by atoms with E-state index in [2.05, 4.69) is 0 Å². The third-order valence-corrected chi connectivity index (χ3v) is 2.15. The second kappa shape index (κ2) is 4.26. The largest absolute Gasteiger partial charge is 0.507 e. The lowest BCUT2D eigenvalue weighted by Crippen LogP contribution is -2.06. The fourth-order valence-corrected chi connectivity index (χ4v) is 1.49. The van der Waals surface area contributed by atoms with Crippen molar-refractivity contribution in [3.63, 3.8) is 0 Å². The van der Waals surface area contributed by atoms with Crippen LogP contribution in [0, 0.1) is 13.8 Å². The summed E-state index contributed by atoms with van der Waals surface area (Å²) in [5.74, 6) is -0.544. The smallest absolute Gasteiger partial charge is 0.173 e. The molecule has 0 saturated carbocycles. The maximum Gasteiger partial charge on any atom is 0.173 e. The molecule has 0 aromatic heterocycles. The molecule has 0 aliphatic carbocycles. The first-order valence-corrected chi connectivity index (χ1v) is 4.74. The van der Waals surface area contributed by atoms with Gasteiger partial charge in [0.15, 0.2) is 5.78 Å². The third-order valence-electron chi connectivity index (χ3n) is 2.15. The zero-order chi connectivity index (χ0) is 11.6. The molecule has 80 valence electrons. The normalized spacial score (nSPS) is 10.1. The van der Waals surface area contributed by atoms with Crippen LogP contribution in [0.2, 0.25) is 0 Å². The Balaban J connectivity index is 3.13. The Hall–Kier alpha value is -1.64. The number of Topliss-reactive ketones (excluding diaryl/α,β-unsaturated/α-hetero) is 2. The van der Waals surface area contributed by atoms with Crippen LogP contribution >= 0.6 is 0 Å². The van der Waals surface area contributed by atoms with E-state index in [4.69, 9.17) is 0 Å². The van der Waals surface area contributed by atoms with Crippen molar-refractivity contribution in [2.75, 3.05) is 0 Å². The van der Waals surface area contributed by atoms with Crippen molar-refractivity contribution < 1.29 is 14.7 Å². The van der Waals surface area contributed by atoms with Gasteiger partial charge in [-0.3, -0.25) is 9.59 Å². The lowest BCUT2D eigenvalue weighted by molar-refractivity contribution is -0.116. The summed E-state index contributed by atoms with van der Waals surface area (Å²) in [5, 5.41) is 9.67. The Morgan fingerprint density at radius 1 is 1.27 bits per heavy atom. The predicted octanol–water partition coefficient (Wildman–Crippen LogP) is 2.17. The summed E-state index contributed by atoms with van der Waals surface area (Å²) in [7, 11) is 0. The lowest BCUT2D eigenvalue weighted by Gasteiger charge is -2.07. The van der Waals surface area contributed by atoms with E-state index in [-0.39, 0.29) is 29.3 Å². The van der Waals surface area contributed by atoms with Gasteiger partial charge < -0.3 is 5.11 Å². The van der Waals surface area contributed by atoms with Crippen LogP contribution < -0.4 is 0 Å². The summed E-state index contributed by atoms with van der Waals surface area (Å²) in [6.07, 6.45) is -0.156. The van der Waals surface area contributed by atoms with Crippen LogP contribution in [0.5, 0.6) is 5.75 Å². The van der Waals surface area contributed by atoms with Crippen LogP contribution in [0.25, 0.3) is 0 Å². The fourth-order valence-electron chi connectivity index (χ4n) is 1.49. The molecule has 0 heterocycles. The number of carbonyl (C=O) groups excluding carboxylic acids is 2. The molecule has 0 atom stereocenters. The SMILES string of the molecule is CC(=O)CC(=O)c1cc(C)cc(C)c1O. The highest BCUT2D eigenvalue weighted by Crippen LogP contribution is 2.24. The number of benzene rings is 1. The van der Waals surface area contributed by atoms with Crippen molar-refractivity contribution in [1.29, 1.82) is 0 Å². The van der Waals surface area contributed by atoms with Gasteiger partial charge in [0.25, 0.3) is 0 Å². The van der Waals surface area contributed by atoms with Crippen LogP contribution in [0.1, 0.15) is 34.8 Å². The topological polar surface area (TPSA) is 54.4 Å². The van der Waals surface area contributed by atoms with Gasteiger partial charge in [0, 0.05) is 0 Å². The summed E-state index contributed by atoms with van der Waals surface area (Å²) in [4.78, 5) is 22.4. The summed E-state index contributed by atoms with van der Waals surface area (Å²) in [6, 6.07) is 3.40. The maximum absolute atomic E-state index is 11.6. The average Bonchev–Trinajstić information content (AvgIpc) is 2.09. The molecule has 0 bridgehead atoms. The molecule has 3 heteroatoms. The van der Waals surface area contributed by atoms with E-state index in [9.17, 15) is 14.7 Å². The van der Waals surface area contributed by atoms with Gasteiger partial charge in [-0.2, -0.15) is 0 Å². The minimum absolute atomic E-state index is 0.0214. The molecule has 3 nitrogen and oxygen atoms in total. The van der Waals surface area contributed by atoms with Crippen LogP contribution in [-0.2, 0) is 4.79 Å². The monoisotopic (exact) mass is 206 g/mol. The number of aryl methyl sites for hydroxylation is 2. The van der Waals surface area contributed by atoms with Gasteiger partial charge in [0.2, 0.25) is 0 Å². The molecule has 0 amide bonds. The Bertz CT molecular complexity index is 419. The zero-order valence-corrected chi connectivity index (χ0v) is 9.13. The fraction of sp³-hybridized carbons (Fsp3) is 0.333. The molecule has 1 rings (SSSR count). The van der Waals surface area contributed by atoms with E-state index in [1.54, 1.807) is 19.1 Å². The molecule has 0 saturated heterocycles. The van der Waals surface area contributed by atoms with Gasteiger partial charge in [-0.15, -0.1) is 0 Å². The average molecular weight is 206 g/mol. The van der Waals surface area contributed by atoms with Gasteiger partial charge in [-0.05, 0) is 38.0 Å². The van der Waals surface area contributed by atoms with Crippen molar-refractivity contribution in [2.24, 2.45) is 0 Å². The minimum atomic E-state index is -0.327. The van der Waals surface area contributed by atoms with Gasteiger partial charge in [0.1, 0.15) is 11.5 Å². The Kier molecular flexibility index (Phi) is 3.24. The highest BCUT2D eigenvalue weighted by Gasteiger charge is 2.14. The number of hydrogen-bond donors (Lipinski definition) is 1. The maximum atomic E-state index is 11.6. The second-order valence-corrected chi connectivity index (χ2v) is 3.78. The number of carbonyl (C=O) groups is 2. The molecule has 1 aromatic carbocycles. The standard InChI is InChI=1S/C12H14O3/c1-7-4-8(2)12(15)10(5-7)11(14)6-9(3)13/h4-5,15H,6H2,1-3H3. The van der Waals surface area contributed by atoms with Crippen molar-refractivity contribution in [3.8, 4) is 5.75 Å². The van der Waals surface area contributed by atoms with Gasteiger partial charge >= 0.3 is 0 Å². The molecule has 0 spiro atoms. The van der Waals surface area contributed by atoms with E-state index in [1.807, 2.05) is 6.92 Å². The zero-order valence-electron chi connectivity index (χ0n) is 9.13. The van der Waals surface area contributed by atoms with Crippen LogP contribution in [0.3, 0.4) is 0 Å².